The Balaban J connectivity index is 1.71. The summed E-state index contributed by atoms with van der Waals surface area (Å²) in [6, 6.07) is 4.86. The molecule has 194 valence electrons. The van der Waals surface area contributed by atoms with Gasteiger partial charge in [-0.15, -0.1) is 0 Å². The summed E-state index contributed by atoms with van der Waals surface area (Å²) in [5.41, 5.74) is 3.09. The van der Waals surface area contributed by atoms with Crippen molar-refractivity contribution < 1.29 is 36.2 Å². The second-order valence-electron chi connectivity index (χ2n) is 8.59. The Morgan fingerprint density at radius 3 is 2.50 bits per heavy atom. The summed E-state index contributed by atoms with van der Waals surface area (Å²) >= 11 is 0. The number of carbonyl (C=O) groups is 2. The minimum Gasteiger partial charge on any atom is -0.353 e. The van der Waals surface area contributed by atoms with Crippen LogP contribution in [-0.4, -0.2) is 55.4 Å². The number of anilines is 3. The molecular formula is C22H25F2N5O6S. The first-order chi connectivity index (χ1) is 16.9. The average Bonchev–Trinajstić information content (AvgIpc) is 3.74. The standard InChI is InChI=1S/C22H25F2N5O6S/c1-3-35-28-20(30)14-11-25-17(21(31)27-19-10-22(19,23)24)9-16(14)26-15-7-6-13(12-4-5-12)8-18(15)29(2)36(32,33)34/h6-9,11-12,19H,3-5,10H2,1-2H3,(H,25,26)(H,27,31)(H,28,30)(H,32,33,34). The number of rotatable bonds is 10. The fourth-order valence-electron chi connectivity index (χ4n) is 3.51. The fraction of sp³-hybridized carbons (Fsp3) is 0.409. The molecule has 2 aliphatic rings. The van der Waals surface area contributed by atoms with E-state index in [1.54, 1.807) is 25.1 Å². The monoisotopic (exact) mass is 525 g/mol. The molecule has 1 unspecified atom stereocenters. The van der Waals surface area contributed by atoms with Crippen LogP contribution < -0.4 is 20.4 Å². The van der Waals surface area contributed by atoms with E-state index in [4.69, 9.17) is 4.84 Å². The summed E-state index contributed by atoms with van der Waals surface area (Å²) in [7, 11) is -3.46. The number of alkyl halides is 2. The number of carbonyl (C=O) groups excluding carboxylic acids is 2. The van der Waals surface area contributed by atoms with Crippen molar-refractivity contribution in [2.45, 2.75) is 44.1 Å². The molecule has 36 heavy (non-hydrogen) atoms. The molecule has 2 saturated carbocycles. The molecule has 0 bridgehead atoms. The minimum absolute atomic E-state index is 0.0269. The predicted molar refractivity (Wildman–Crippen MR) is 126 cm³/mol. The lowest BCUT2D eigenvalue weighted by Crippen LogP contribution is -2.30. The SMILES string of the molecule is CCONC(=O)c1cnc(C(=O)NC2CC2(F)F)cc1Nc1ccc(C2CC2)cc1N(C)S(=O)(=O)O. The lowest BCUT2D eigenvalue weighted by atomic mass is 10.1. The van der Waals surface area contributed by atoms with Crippen molar-refractivity contribution in [3.05, 3.63) is 47.3 Å². The van der Waals surface area contributed by atoms with E-state index in [1.807, 2.05) is 0 Å². The van der Waals surface area contributed by atoms with Gasteiger partial charge < -0.3 is 10.6 Å². The number of amides is 2. The molecule has 0 radical (unpaired) electrons. The maximum atomic E-state index is 13.2. The Morgan fingerprint density at radius 2 is 1.92 bits per heavy atom. The van der Waals surface area contributed by atoms with Crippen molar-refractivity contribution in [1.29, 1.82) is 0 Å². The molecule has 1 atom stereocenters. The maximum Gasteiger partial charge on any atom is 0.359 e. The lowest BCUT2D eigenvalue weighted by Gasteiger charge is -2.22. The number of halogens is 2. The molecule has 14 heteroatoms. The highest BCUT2D eigenvalue weighted by Crippen LogP contribution is 2.44. The van der Waals surface area contributed by atoms with Crippen molar-refractivity contribution in [2.75, 3.05) is 23.3 Å². The number of aromatic nitrogens is 1. The maximum absolute atomic E-state index is 13.2. The lowest BCUT2D eigenvalue weighted by molar-refractivity contribution is 0.0365. The zero-order valence-electron chi connectivity index (χ0n) is 19.4. The molecule has 11 nitrogen and oxygen atoms in total. The fourth-order valence-corrected chi connectivity index (χ4v) is 3.91. The van der Waals surface area contributed by atoms with Crippen LogP contribution in [0.2, 0.25) is 0 Å². The highest BCUT2D eigenvalue weighted by atomic mass is 32.2. The zero-order valence-corrected chi connectivity index (χ0v) is 20.2. The normalized spacial score (nSPS) is 18.3. The van der Waals surface area contributed by atoms with Crippen LogP contribution in [0.25, 0.3) is 0 Å². The summed E-state index contributed by atoms with van der Waals surface area (Å²) in [5.74, 6) is -4.29. The molecule has 2 aromatic rings. The van der Waals surface area contributed by atoms with E-state index in [9.17, 15) is 31.3 Å². The Bertz CT molecular complexity index is 1300. The van der Waals surface area contributed by atoms with Gasteiger partial charge in [0.2, 0.25) is 0 Å². The van der Waals surface area contributed by atoms with E-state index in [-0.39, 0.29) is 40.8 Å². The van der Waals surface area contributed by atoms with Crippen LogP contribution >= 0.6 is 0 Å². The predicted octanol–water partition coefficient (Wildman–Crippen LogP) is 2.76. The second kappa shape index (κ2) is 9.59. The number of pyridine rings is 1. The van der Waals surface area contributed by atoms with E-state index >= 15 is 0 Å². The van der Waals surface area contributed by atoms with Gasteiger partial charge in [0.05, 0.1) is 35.3 Å². The zero-order chi connectivity index (χ0) is 26.3. The van der Waals surface area contributed by atoms with Crippen molar-refractivity contribution in [1.82, 2.24) is 15.8 Å². The quantitative estimate of drug-likeness (QED) is 0.273. The van der Waals surface area contributed by atoms with Crippen LogP contribution in [0.5, 0.6) is 0 Å². The molecule has 2 amide bonds. The molecule has 4 N–H and O–H groups in total. The highest BCUT2D eigenvalue weighted by Gasteiger charge is 2.58. The summed E-state index contributed by atoms with van der Waals surface area (Å²) in [6.07, 6.45) is 2.50. The number of nitrogens with one attached hydrogen (secondary N) is 3. The molecule has 4 rings (SSSR count). The van der Waals surface area contributed by atoms with Gasteiger partial charge in [-0.3, -0.25) is 24.0 Å². The van der Waals surface area contributed by atoms with Crippen molar-refractivity contribution in [3.8, 4) is 0 Å². The summed E-state index contributed by atoms with van der Waals surface area (Å²) in [5, 5.41) is 5.10. The van der Waals surface area contributed by atoms with E-state index < -0.39 is 40.5 Å². The Kier molecular flexibility index (Phi) is 6.86. The third-order valence-corrected chi connectivity index (χ3v) is 6.74. The van der Waals surface area contributed by atoms with E-state index in [0.717, 1.165) is 31.6 Å². The summed E-state index contributed by atoms with van der Waals surface area (Å²) in [4.78, 5) is 34.0. The van der Waals surface area contributed by atoms with Gasteiger partial charge in [0.25, 0.3) is 17.7 Å². The van der Waals surface area contributed by atoms with Crippen molar-refractivity contribution >= 4 is 39.2 Å². The molecule has 0 spiro atoms. The number of hydroxylamine groups is 1. The first-order valence-corrected chi connectivity index (χ1v) is 12.5. The van der Waals surface area contributed by atoms with E-state index in [0.29, 0.717) is 4.31 Å². The molecule has 0 aliphatic heterocycles. The van der Waals surface area contributed by atoms with Gasteiger partial charge in [0, 0.05) is 19.7 Å². The minimum atomic E-state index is -4.62. The smallest absolute Gasteiger partial charge is 0.353 e. The topological polar surface area (TPSA) is 150 Å². The van der Waals surface area contributed by atoms with Gasteiger partial charge in [-0.1, -0.05) is 6.07 Å². The summed E-state index contributed by atoms with van der Waals surface area (Å²) in [6.45, 7) is 1.82. The third-order valence-electron chi connectivity index (χ3n) is 5.85. The van der Waals surface area contributed by atoms with Gasteiger partial charge in [0.1, 0.15) is 5.69 Å². The van der Waals surface area contributed by atoms with Crippen molar-refractivity contribution in [3.63, 3.8) is 0 Å². The third kappa shape index (κ3) is 5.71. The van der Waals surface area contributed by atoms with E-state index in [2.05, 4.69) is 21.1 Å². The van der Waals surface area contributed by atoms with Gasteiger partial charge in [-0.25, -0.2) is 18.6 Å². The molecule has 2 fully saturated rings. The van der Waals surface area contributed by atoms with Crippen LogP contribution in [0.1, 0.15) is 58.5 Å². The van der Waals surface area contributed by atoms with Crippen LogP contribution in [0.3, 0.4) is 0 Å². The van der Waals surface area contributed by atoms with Crippen LogP contribution in [0.15, 0.2) is 30.5 Å². The average molecular weight is 526 g/mol. The molecule has 1 aromatic heterocycles. The van der Waals surface area contributed by atoms with Crippen LogP contribution in [-0.2, 0) is 15.1 Å². The molecule has 1 heterocycles. The second-order valence-corrected chi connectivity index (χ2v) is 10.0. The van der Waals surface area contributed by atoms with Gasteiger partial charge >= 0.3 is 10.3 Å². The Labute approximate surface area is 206 Å². The molecule has 2 aliphatic carbocycles. The number of hydrogen-bond acceptors (Lipinski definition) is 7. The van der Waals surface area contributed by atoms with E-state index in [1.165, 1.54) is 6.07 Å². The number of hydrogen-bond donors (Lipinski definition) is 4. The Hall–Kier alpha value is -3.36. The largest absolute Gasteiger partial charge is 0.359 e. The number of benzene rings is 1. The first kappa shape index (κ1) is 25.7. The molecule has 1 aromatic carbocycles. The Morgan fingerprint density at radius 1 is 1.22 bits per heavy atom. The van der Waals surface area contributed by atoms with Crippen molar-refractivity contribution in [2.24, 2.45) is 0 Å². The van der Waals surface area contributed by atoms with Gasteiger partial charge in [-0.05, 0) is 49.4 Å². The van der Waals surface area contributed by atoms with Crippen LogP contribution in [0.4, 0.5) is 25.8 Å². The van der Waals surface area contributed by atoms with Crippen LogP contribution in [0, 0.1) is 0 Å². The number of nitrogens with zero attached hydrogens (tertiary/aromatic N) is 2. The molecule has 0 saturated heterocycles. The van der Waals surface area contributed by atoms with Gasteiger partial charge in [0.15, 0.2) is 0 Å². The highest BCUT2D eigenvalue weighted by molar-refractivity contribution is 7.87. The van der Waals surface area contributed by atoms with Gasteiger partial charge in [-0.2, -0.15) is 8.42 Å². The first-order valence-electron chi connectivity index (χ1n) is 11.1. The summed E-state index contributed by atoms with van der Waals surface area (Å²) < 4.78 is 60.6. The molecular weight excluding hydrogens is 500 g/mol.